The van der Waals surface area contributed by atoms with Gasteiger partial charge in [-0.25, -0.2) is 9.37 Å². The van der Waals surface area contributed by atoms with Crippen LogP contribution in [0.5, 0.6) is 5.88 Å². The average molecular weight is 252 g/mol. The smallest absolute Gasteiger partial charge is 0.250 e. The molecule has 100 valence electrons. The first-order valence-electron chi connectivity index (χ1n) is 6.23. The van der Waals surface area contributed by atoms with Crippen LogP contribution in [-0.4, -0.2) is 18.1 Å². The Morgan fingerprint density at radius 1 is 1.56 bits per heavy atom. The molecule has 3 nitrogen and oxygen atoms in total. The fourth-order valence-corrected chi connectivity index (χ4v) is 1.43. The zero-order valence-corrected chi connectivity index (χ0v) is 11.1. The van der Waals surface area contributed by atoms with Gasteiger partial charge in [-0.3, -0.25) is 0 Å². The lowest BCUT2D eigenvalue weighted by molar-refractivity contribution is 0.293. The van der Waals surface area contributed by atoms with Crippen LogP contribution in [-0.2, 0) is 6.54 Å². The summed E-state index contributed by atoms with van der Waals surface area (Å²) in [4.78, 5) is 3.89. The van der Waals surface area contributed by atoms with Gasteiger partial charge in [0.2, 0.25) is 0 Å². The number of hydrogen-bond acceptors (Lipinski definition) is 3. The molecule has 0 aliphatic rings. The Hall–Kier alpha value is -1.42. The molecule has 1 rings (SSSR count). The maximum atomic E-state index is 14.0. The van der Waals surface area contributed by atoms with Crippen LogP contribution in [0.25, 0.3) is 0 Å². The number of nitrogens with zero attached hydrogens (tertiary/aromatic N) is 1. The lowest BCUT2D eigenvalue weighted by Crippen LogP contribution is -2.20. The van der Waals surface area contributed by atoms with Crippen LogP contribution in [0.1, 0.15) is 25.8 Å². The third-order valence-electron chi connectivity index (χ3n) is 2.37. The minimum atomic E-state index is -0.377. The van der Waals surface area contributed by atoms with Crippen LogP contribution in [0.15, 0.2) is 24.9 Å². The molecule has 1 heterocycles. The topological polar surface area (TPSA) is 34.1 Å². The van der Waals surface area contributed by atoms with Gasteiger partial charge in [0.05, 0.1) is 6.61 Å². The molecular formula is C14H21FN2O. The van der Waals surface area contributed by atoms with E-state index in [4.69, 9.17) is 4.74 Å². The van der Waals surface area contributed by atoms with Crippen LogP contribution >= 0.6 is 0 Å². The Labute approximate surface area is 108 Å². The van der Waals surface area contributed by atoms with Crippen molar-refractivity contribution < 1.29 is 9.13 Å². The molecule has 4 heteroatoms. The van der Waals surface area contributed by atoms with Gasteiger partial charge in [0.25, 0.3) is 5.88 Å². The molecule has 1 aromatic rings. The van der Waals surface area contributed by atoms with Crippen LogP contribution in [0.4, 0.5) is 4.39 Å². The van der Waals surface area contributed by atoms with Crippen molar-refractivity contribution in [1.82, 2.24) is 10.3 Å². The Bertz CT molecular complexity index is 380. The van der Waals surface area contributed by atoms with Crippen molar-refractivity contribution in [1.29, 1.82) is 0 Å². The number of ether oxygens (including phenoxy) is 1. The molecule has 0 saturated heterocycles. The molecule has 0 fully saturated rings. The molecule has 18 heavy (non-hydrogen) atoms. The number of aromatic nitrogens is 1. The number of nitrogens with one attached hydrogen (secondary N) is 1. The van der Waals surface area contributed by atoms with E-state index in [0.29, 0.717) is 31.1 Å². The SMILES string of the molecule is C=CCCOc1nccc(CNCC(C)C)c1F. The molecular weight excluding hydrogens is 231 g/mol. The molecule has 0 saturated carbocycles. The Balaban J connectivity index is 2.57. The van der Waals surface area contributed by atoms with Crippen molar-refractivity contribution in [2.75, 3.05) is 13.2 Å². The molecule has 0 spiro atoms. The molecule has 0 atom stereocenters. The average Bonchev–Trinajstić information content (AvgIpc) is 2.33. The Morgan fingerprint density at radius 3 is 3.00 bits per heavy atom. The highest BCUT2D eigenvalue weighted by Crippen LogP contribution is 2.17. The van der Waals surface area contributed by atoms with E-state index in [2.05, 4.69) is 30.7 Å². The molecule has 0 aromatic carbocycles. The van der Waals surface area contributed by atoms with E-state index in [-0.39, 0.29) is 11.7 Å². The zero-order chi connectivity index (χ0) is 13.4. The summed E-state index contributed by atoms with van der Waals surface area (Å²) in [7, 11) is 0. The summed E-state index contributed by atoms with van der Waals surface area (Å²) in [5.41, 5.74) is 0.583. The van der Waals surface area contributed by atoms with Gasteiger partial charge in [0.1, 0.15) is 0 Å². The van der Waals surface area contributed by atoms with Gasteiger partial charge in [-0.2, -0.15) is 0 Å². The molecule has 1 N–H and O–H groups in total. The van der Waals surface area contributed by atoms with Gasteiger partial charge in [-0.1, -0.05) is 19.9 Å². The second kappa shape index (κ2) is 7.82. The summed E-state index contributed by atoms with van der Waals surface area (Å²) in [6, 6.07) is 1.67. The predicted molar refractivity (Wildman–Crippen MR) is 71.0 cm³/mol. The highest BCUT2D eigenvalue weighted by molar-refractivity contribution is 5.23. The van der Waals surface area contributed by atoms with Gasteiger partial charge in [-0.05, 0) is 24.9 Å². The van der Waals surface area contributed by atoms with E-state index in [0.717, 1.165) is 6.54 Å². The first-order chi connectivity index (χ1) is 8.65. The third-order valence-corrected chi connectivity index (χ3v) is 2.37. The maximum Gasteiger partial charge on any atom is 0.250 e. The summed E-state index contributed by atoms with van der Waals surface area (Å²) in [5, 5.41) is 3.20. The predicted octanol–water partition coefficient (Wildman–Crippen LogP) is 2.92. The summed E-state index contributed by atoms with van der Waals surface area (Å²) in [6.45, 7) is 9.55. The highest BCUT2D eigenvalue weighted by atomic mass is 19.1. The molecule has 0 radical (unpaired) electrons. The number of halogens is 1. The van der Waals surface area contributed by atoms with Crippen LogP contribution < -0.4 is 10.1 Å². The minimum absolute atomic E-state index is 0.0701. The summed E-state index contributed by atoms with van der Waals surface area (Å²) >= 11 is 0. The first-order valence-corrected chi connectivity index (χ1v) is 6.23. The van der Waals surface area contributed by atoms with E-state index < -0.39 is 0 Å². The van der Waals surface area contributed by atoms with Crippen molar-refractivity contribution in [2.24, 2.45) is 5.92 Å². The third kappa shape index (κ3) is 4.84. The van der Waals surface area contributed by atoms with Gasteiger partial charge in [0, 0.05) is 18.3 Å². The maximum absolute atomic E-state index is 14.0. The minimum Gasteiger partial charge on any atom is -0.475 e. The van der Waals surface area contributed by atoms with Gasteiger partial charge >= 0.3 is 0 Å². The van der Waals surface area contributed by atoms with Crippen molar-refractivity contribution in [2.45, 2.75) is 26.8 Å². The van der Waals surface area contributed by atoms with Crippen LogP contribution in [0.3, 0.4) is 0 Å². The van der Waals surface area contributed by atoms with Gasteiger partial charge < -0.3 is 10.1 Å². The molecule has 0 amide bonds. The van der Waals surface area contributed by atoms with Gasteiger partial charge in [0.15, 0.2) is 5.82 Å². The lowest BCUT2D eigenvalue weighted by Gasteiger charge is -2.10. The fourth-order valence-electron chi connectivity index (χ4n) is 1.43. The fraction of sp³-hybridized carbons (Fsp3) is 0.500. The van der Waals surface area contributed by atoms with Crippen molar-refractivity contribution in [3.05, 3.63) is 36.3 Å². The second-order valence-corrected chi connectivity index (χ2v) is 4.54. The van der Waals surface area contributed by atoms with E-state index in [1.807, 2.05) is 0 Å². The van der Waals surface area contributed by atoms with Crippen molar-refractivity contribution in [3.8, 4) is 5.88 Å². The molecule has 1 aromatic heterocycles. The van der Waals surface area contributed by atoms with Crippen molar-refractivity contribution in [3.63, 3.8) is 0 Å². The molecule has 0 unspecified atom stereocenters. The second-order valence-electron chi connectivity index (χ2n) is 4.54. The normalized spacial score (nSPS) is 10.7. The summed E-state index contributed by atoms with van der Waals surface area (Å²) < 4.78 is 19.2. The van der Waals surface area contributed by atoms with Crippen molar-refractivity contribution >= 4 is 0 Å². The molecule has 0 aliphatic carbocycles. The van der Waals surface area contributed by atoms with E-state index in [9.17, 15) is 4.39 Å². The van der Waals surface area contributed by atoms with E-state index in [1.54, 1.807) is 18.3 Å². The number of hydrogen-bond donors (Lipinski definition) is 1. The standard InChI is InChI=1S/C14H21FN2O/c1-4-5-8-18-14-13(15)12(6-7-17-14)10-16-9-11(2)3/h4,6-7,11,16H,1,5,8-10H2,2-3H3. The Kier molecular flexibility index (Phi) is 6.36. The van der Waals surface area contributed by atoms with Crippen LogP contribution in [0, 0.1) is 11.7 Å². The molecule has 0 bridgehead atoms. The number of rotatable bonds is 8. The van der Waals surface area contributed by atoms with Crippen LogP contribution in [0.2, 0.25) is 0 Å². The first kappa shape index (κ1) is 14.6. The monoisotopic (exact) mass is 252 g/mol. The summed E-state index contributed by atoms with van der Waals surface area (Å²) in [6.07, 6.45) is 3.97. The van der Waals surface area contributed by atoms with E-state index >= 15 is 0 Å². The van der Waals surface area contributed by atoms with Gasteiger partial charge in [-0.15, -0.1) is 6.58 Å². The Morgan fingerprint density at radius 2 is 2.33 bits per heavy atom. The highest BCUT2D eigenvalue weighted by Gasteiger charge is 2.10. The molecule has 0 aliphatic heterocycles. The quantitative estimate of drug-likeness (QED) is 0.570. The van der Waals surface area contributed by atoms with E-state index in [1.165, 1.54) is 0 Å². The summed E-state index contributed by atoms with van der Waals surface area (Å²) in [5.74, 6) is 0.233. The zero-order valence-electron chi connectivity index (χ0n) is 11.1. The number of pyridine rings is 1. The largest absolute Gasteiger partial charge is 0.475 e. The lowest BCUT2D eigenvalue weighted by atomic mass is 10.2.